The molecule has 3 saturated carbocycles. The number of hydrogen-bond acceptors (Lipinski definition) is 6. The average Bonchev–Trinajstić information content (AvgIpc) is 2.69. The zero-order valence-electron chi connectivity index (χ0n) is 17.1. The fourth-order valence-electron chi connectivity index (χ4n) is 6.41. The highest BCUT2D eigenvalue weighted by Crippen LogP contribution is 2.39. The van der Waals surface area contributed by atoms with Crippen LogP contribution in [0.5, 0.6) is 0 Å². The van der Waals surface area contributed by atoms with E-state index in [1.807, 2.05) is 0 Å². The van der Waals surface area contributed by atoms with Gasteiger partial charge in [-0.15, -0.1) is 0 Å². The largest absolute Gasteiger partial charge is 0.301 e. The Morgan fingerprint density at radius 1 is 0.407 bits per heavy atom. The molecule has 27 heavy (non-hydrogen) atoms. The quantitative estimate of drug-likeness (QED) is 0.449. The van der Waals surface area contributed by atoms with Gasteiger partial charge >= 0.3 is 0 Å². The van der Waals surface area contributed by atoms with Crippen molar-refractivity contribution < 1.29 is 0 Å². The van der Waals surface area contributed by atoms with E-state index in [0.717, 1.165) is 38.5 Å². The van der Waals surface area contributed by atoms with Crippen LogP contribution in [0.1, 0.15) is 96.3 Å². The van der Waals surface area contributed by atoms with Crippen molar-refractivity contribution in [1.29, 1.82) is 0 Å². The van der Waals surface area contributed by atoms with Gasteiger partial charge in [0.2, 0.25) is 0 Å². The molecule has 156 valence electrons. The lowest BCUT2D eigenvalue weighted by Crippen LogP contribution is -2.95. The molecule has 0 bridgehead atoms. The van der Waals surface area contributed by atoms with E-state index < -0.39 is 17.4 Å². The Bertz CT molecular complexity index is 414. The zero-order chi connectivity index (χ0) is 19.0. The van der Waals surface area contributed by atoms with Crippen molar-refractivity contribution in [2.24, 2.45) is 35.0 Å². The van der Waals surface area contributed by atoms with Gasteiger partial charge in [-0.2, -0.15) is 0 Å². The molecule has 6 nitrogen and oxygen atoms in total. The van der Waals surface area contributed by atoms with E-state index in [-0.39, 0.29) is 0 Å². The fourth-order valence-corrected chi connectivity index (χ4v) is 6.41. The fraction of sp³-hybridized carbons (Fsp3) is 1.00. The van der Waals surface area contributed by atoms with E-state index in [9.17, 15) is 0 Å². The highest BCUT2D eigenvalue weighted by molar-refractivity contribution is 5.09. The van der Waals surface area contributed by atoms with Crippen molar-refractivity contribution in [3.8, 4) is 0 Å². The highest BCUT2D eigenvalue weighted by atomic mass is 15.6. The molecule has 0 radical (unpaired) electrons. The smallest absolute Gasteiger partial charge is 0.128 e. The normalized spacial score (nSPS) is 43.7. The minimum absolute atomic E-state index is 0.381. The molecule has 4 rings (SSSR count). The van der Waals surface area contributed by atoms with Gasteiger partial charge in [0.05, 0.1) is 0 Å². The lowest BCUT2D eigenvalue weighted by Gasteiger charge is -2.61. The Labute approximate surface area is 165 Å². The first kappa shape index (κ1) is 20.0. The molecule has 9 N–H and O–H groups in total. The number of nitrogens with two attached hydrogens (primary N) is 3. The van der Waals surface area contributed by atoms with Gasteiger partial charge in [0, 0.05) is 17.8 Å². The highest BCUT2D eigenvalue weighted by Gasteiger charge is 2.56. The summed E-state index contributed by atoms with van der Waals surface area (Å²) < 4.78 is 0. The van der Waals surface area contributed by atoms with Crippen LogP contribution < -0.4 is 33.2 Å². The summed E-state index contributed by atoms with van der Waals surface area (Å²) in [4.78, 5) is 0. The second-order valence-electron chi connectivity index (χ2n) is 9.99. The van der Waals surface area contributed by atoms with Crippen LogP contribution in [0.4, 0.5) is 0 Å². The molecule has 0 amide bonds. The molecule has 1 heterocycles. The zero-order valence-corrected chi connectivity index (χ0v) is 17.1. The second-order valence-corrected chi connectivity index (χ2v) is 9.99. The van der Waals surface area contributed by atoms with Crippen molar-refractivity contribution in [2.45, 2.75) is 114 Å². The molecule has 6 heteroatoms. The molecule has 0 unspecified atom stereocenters. The topological polar surface area (TPSA) is 114 Å². The lowest BCUT2D eigenvalue weighted by molar-refractivity contribution is -0.0954. The van der Waals surface area contributed by atoms with Gasteiger partial charge in [-0.05, 0) is 38.5 Å². The van der Waals surface area contributed by atoms with Crippen molar-refractivity contribution in [2.75, 3.05) is 0 Å². The van der Waals surface area contributed by atoms with Gasteiger partial charge < -0.3 is 17.2 Å². The van der Waals surface area contributed by atoms with Crippen LogP contribution in [0.2, 0.25) is 0 Å². The second kappa shape index (κ2) is 7.88. The monoisotopic (exact) mass is 378 g/mol. The maximum Gasteiger partial charge on any atom is 0.128 e. The summed E-state index contributed by atoms with van der Waals surface area (Å²) in [6.07, 6.45) is 18.4. The van der Waals surface area contributed by atoms with Gasteiger partial charge in [0.15, 0.2) is 0 Å². The summed E-state index contributed by atoms with van der Waals surface area (Å²) in [7, 11) is 0. The third kappa shape index (κ3) is 4.07. The number of rotatable bonds is 3. The van der Waals surface area contributed by atoms with Crippen molar-refractivity contribution in [3.05, 3.63) is 0 Å². The molecule has 3 aliphatic carbocycles. The van der Waals surface area contributed by atoms with E-state index in [4.69, 9.17) is 17.2 Å². The number of hydrogen-bond donors (Lipinski definition) is 6. The third-order valence-electron chi connectivity index (χ3n) is 7.99. The Balaban J connectivity index is 1.63. The third-order valence-corrected chi connectivity index (χ3v) is 7.99. The van der Waals surface area contributed by atoms with Crippen molar-refractivity contribution in [1.82, 2.24) is 16.0 Å². The summed E-state index contributed by atoms with van der Waals surface area (Å²) >= 11 is 0. The van der Waals surface area contributed by atoms with Crippen molar-refractivity contribution in [3.63, 3.8) is 0 Å². The summed E-state index contributed by atoms with van der Waals surface area (Å²) in [5.74, 6) is -0.929. The summed E-state index contributed by atoms with van der Waals surface area (Å²) in [6, 6.07) is 0. The van der Waals surface area contributed by atoms with Crippen LogP contribution >= 0.6 is 0 Å². The van der Waals surface area contributed by atoms with Gasteiger partial charge in [0.1, 0.15) is 17.4 Å². The molecule has 0 aromatic carbocycles. The van der Waals surface area contributed by atoms with Crippen LogP contribution in [0.3, 0.4) is 0 Å². The maximum absolute atomic E-state index is 7.08. The van der Waals surface area contributed by atoms with Crippen molar-refractivity contribution >= 4 is 0 Å². The molecule has 0 spiro atoms. The van der Waals surface area contributed by atoms with Gasteiger partial charge in [-0.25, -0.2) is 0 Å². The Morgan fingerprint density at radius 3 is 0.852 bits per heavy atom. The maximum atomic E-state index is 7.08. The van der Waals surface area contributed by atoms with Crippen LogP contribution in [0.15, 0.2) is 0 Å². The van der Waals surface area contributed by atoms with E-state index in [2.05, 4.69) is 16.0 Å². The Kier molecular flexibility index (Phi) is 5.85. The van der Waals surface area contributed by atoms with Crippen LogP contribution in [-0.4, -0.2) is 17.4 Å². The van der Waals surface area contributed by atoms with Crippen LogP contribution in [-0.2, 0) is 0 Å². The molecule has 1 saturated heterocycles. The van der Waals surface area contributed by atoms with E-state index in [0.29, 0.717) is 17.8 Å². The van der Waals surface area contributed by atoms with Gasteiger partial charge in [0.25, 0.3) is 0 Å². The summed E-state index contributed by atoms with van der Waals surface area (Å²) in [5, 5.41) is 11.1. The Hall–Kier alpha value is -0.240. The Morgan fingerprint density at radius 2 is 0.630 bits per heavy atom. The molecular formula is C21H42N6. The predicted molar refractivity (Wildman–Crippen MR) is 110 cm³/mol. The SMILES string of the molecule is NC1(C2CCCCC2)NC(N)(C2CCCCC2)NC(N)(C2CCCCC2)N1. The first-order valence-electron chi connectivity index (χ1n) is 11.7. The molecule has 0 aromatic heterocycles. The lowest BCUT2D eigenvalue weighted by atomic mass is 9.76. The van der Waals surface area contributed by atoms with Gasteiger partial charge in [-0.1, -0.05) is 57.8 Å². The molecule has 0 atom stereocenters. The molecule has 0 aromatic rings. The average molecular weight is 379 g/mol. The van der Waals surface area contributed by atoms with E-state index >= 15 is 0 Å². The first-order valence-corrected chi connectivity index (χ1v) is 11.7. The van der Waals surface area contributed by atoms with E-state index in [1.165, 1.54) is 57.8 Å². The predicted octanol–water partition coefficient (Wildman–Crippen LogP) is 2.35. The van der Waals surface area contributed by atoms with Crippen LogP contribution in [0.25, 0.3) is 0 Å². The minimum atomic E-state index is -0.690. The van der Waals surface area contributed by atoms with E-state index in [1.54, 1.807) is 0 Å². The summed E-state index contributed by atoms with van der Waals surface area (Å²) in [6.45, 7) is 0. The van der Waals surface area contributed by atoms with Gasteiger partial charge in [-0.3, -0.25) is 16.0 Å². The standard InChI is InChI=1S/C21H42N6/c22-19(16-10-4-1-5-11-16)25-20(23,17-12-6-2-7-13-17)27-21(24,26-19)18-14-8-3-9-15-18/h16-18,25-27H,1-15,22-24H2. The molecular weight excluding hydrogens is 336 g/mol. The summed E-state index contributed by atoms with van der Waals surface area (Å²) in [5.41, 5.74) is 21.2. The minimum Gasteiger partial charge on any atom is -0.301 e. The number of nitrogens with one attached hydrogen (secondary N) is 3. The first-order chi connectivity index (χ1) is 12.9. The molecule has 4 aliphatic rings. The van der Waals surface area contributed by atoms with Crippen LogP contribution in [0, 0.1) is 17.8 Å². The molecule has 1 aliphatic heterocycles. The molecule has 4 fully saturated rings.